The van der Waals surface area contributed by atoms with Gasteiger partial charge in [-0.05, 0) is 42.8 Å². The van der Waals surface area contributed by atoms with Crippen molar-refractivity contribution in [2.45, 2.75) is 18.3 Å². The molecule has 3 aromatic carbocycles. The fourth-order valence-electron chi connectivity index (χ4n) is 4.37. The molecule has 0 aliphatic carbocycles. The van der Waals surface area contributed by atoms with Gasteiger partial charge in [-0.3, -0.25) is 9.69 Å². The van der Waals surface area contributed by atoms with Crippen molar-refractivity contribution in [2.24, 2.45) is 0 Å². The Bertz CT molecular complexity index is 1250. The Balaban J connectivity index is 1.49. The van der Waals surface area contributed by atoms with Crippen LogP contribution in [0.5, 0.6) is 0 Å². The van der Waals surface area contributed by atoms with Crippen molar-refractivity contribution in [1.82, 2.24) is 4.90 Å². The molecule has 3 aromatic rings. The zero-order valence-electron chi connectivity index (χ0n) is 17.8. The molecule has 1 N–H and O–H groups in total. The van der Waals surface area contributed by atoms with Gasteiger partial charge in [-0.2, -0.15) is 0 Å². The average molecular weight is 466 g/mol. The van der Waals surface area contributed by atoms with Crippen LogP contribution in [-0.2, 0) is 16.2 Å². The van der Waals surface area contributed by atoms with E-state index in [4.69, 9.17) is 0 Å². The number of nitrogens with zero attached hydrogens (tertiary/aromatic N) is 2. The molecule has 3 amide bonds. The first-order valence-corrected chi connectivity index (χ1v) is 11.5. The van der Waals surface area contributed by atoms with Crippen molar-refractivity contribution < 1.29 is 18.4 Å². The second-order valence-electron chi connectivity index (χ2n) is 8.10. The van der Waals surface area contributed by atoms with Crippen LogP contribution in [0.1, 0.15) is 16.7 Å². The summed E-state index contributed by atoms with van der Waals surface area (Å²) in [7, 11) is 0. The lowest BCUT2D eigenvalue weighted by Crippen LogP contribution is -2.51. The van der Waals surface area contributed by atoms with Gasteiger partial charge in [0.15, 0.2) is 16.5 Å². The Kier molecular flexibility index (Phi) is 5.32. The molecule has 1 saturated heterocycles. The summed E-state index contributed by atoms with van der Waals surface area (Å²) in [5.41, 5.74) is 3.57. The molecule has 0 aromatic heterocycles. The summed E-state index contributed by atoms with van der Waals surface area (Å²) in [5.74, 6) is -1.57. The predicted molar refractivity (Wildman–Crippen MR) is 125 cm³/mol. The van der Waals surface area contributed by atoms with Gasteiger partial charge in [0.05, 0.1) is 12.2 Å². The summed E-state index contributed by atoms with van der Waals surface area (Å²) in [5, 5.41) is 2.90. The topological polar surface area (TPSA) is 52.7 Å². The third kappa shape index (κ3) is 3.54. The van der Waals surface area contributed by atoms with Crippen molar-refractivity contribution in [2.75, 3.05) is 22.5 Å². The van der Waals surface area contributed by atoms with Gasteiger partial charge < -0.3 is 10.2 Å². The van der Waals surface area contributed by atoms with Gasteiger partial charge in [0.2, 0.25) is 0 Å². The summed E-state index contributed by atoms with van der Waals surface area (Å²) < 4.78 is 27.2. The number of carbonyl (C=O) groups excluding carboxylic acids is 2. The van der Waals surface area contributed by atoms with E-state index in [-0.39, 0.29) is 18.5 Å². The van der Waals surface area contributed by atoms with Crippen LogP contribution >= 0.6 is 11.8 Å². The van der Waals surface area contributed by atoms with Crippen LogP contribution < -0.4 is 10.2 Å². The maximum absolute atomic E-state index is 13.9. The maximum atomic E-state index is 13.9. The molecule has 0 radical (unpaired) electrons. The Morgan fingerprint density at radius 3 is 2.58 bits per heavy atom. The zero-order valence-corrected chi connectivity index (χ0v) is 18.7. The van der Waals surface area contributed by atoms with Gasteiger partial charge in [-0.25, -0.2) is 13.6 Å². The Hall–Kier alpha value is -3.39. The van der Waals surface area contributed by atoms with E-state index in [1.807, 2.05) is 55.5 Å². The minimum Gasteiger partial charge on any atom is -0.308 e. The van der Waals surface area contributed by atoms with E-state index in [9.17, 15) is 18.4 Å². The molecular formula is C25H21F2N3O2S. The van der Waals surface area contributed by atoms with Crippen LogP contribution in [0.4, 0.5) is 25.0 Å². The minimum atomic E-state index is -1.20. The molecule has 0 unspecified atom stereocenters. The number of halogens is 2. The van der Waals surface area contributed by atoms with E-state index in [1.165, 1.54) is 17.8 Å². The number of fused-ring (bicyclic) bond motifs is 2. The summed E-state index contributed by atoms with van der Waals surface area (Å²) >= 11 is 1.41. The van der Waals surface area contributed by atoms with Gasteiger partial charge >= 0.3 is 6.03 Å². The monoisotopic (exact) mass is 465 g/mol. The van der Waals surface area contributed by atoms with E-state index in [0.29, 0.717) is 29.2 Å². The first-order valence-electron chi connectivity index (χ1n) is 10.5. The van der Waals surface area contributed by atoms with Crippen molar-refractivity contribution >= 4 is 35.1 Å². The number of nitrogens with one attached hydrogen (secondary N) is 1. The number of carbonyl (C=O) groups is 2. The van der Waals surface area contributed by atoms with E-state index >= 15 is 0 Å². The number of rotatable bonds is 3. The van der Waals surface area contributed by atoms with Crippen LogP contribution in [0.15, 0.2) is 66.7 Å². The Labute approximate surface area is 194 Å². The number of para-hydroxylation sites is 1. The zero-order chi connectivity index (χ0) is 23.2. The largest absolute Gasteiger partial charge is 0.323 e. The summed E-state index contributed by atoms with van der Waals surface area (Å²) in [6, 6.07) is 18.0. The second kappa shape index (κ2) is 8.19. The minimum absolute atomic E-state index is 0.0722. The van der Waals surface area contributed by atoms with Crippen LogP contribution in [0.2, 0.25) is 0 Å². The molecule has 33 heavy (non-hydrogen) atoms. The smallest absolute Gasteiger partial charge is 0.308 e. The molecule has 0 saturated carbocycles. The number of benzene rings is 3. The van der Waals surface area contributed by atoms with E-state index < -0.39 is 16.5 Å². The highest BCUT2D eigenvalue weighted by Gasteiger charge is 2.59. The predicted octanol–water partition coefficient (Wildman–Crippen LogP) is 5.25. The van der Waals surface area contributed by atoms with Gasteiger partial charge in [-0.15, -0.1) is 11.8 Å². The van der Waals surface area contributed by atoms with E-state index in [1.54, 1.807) is 9.80 Å². The molecule has 2 aliphatic rings. The fraction of sp³-hybridized carbons (Fsp3) is 0.200. The average Bonchev–Trinajstić information content (AvgIpc) is 3.35. The van der Waals surface area contributed by atoms with Crippen LogP contribution in [0, 0.1) is 18.6 Å². The van der Waals surface area contributed by atoms with E-state index in [0.717, 1.165) is 23.3 Å². The van der Waals surface area contributed by atoms with Crippen molar-refractivity contribution in [3.8, 4) is 0 Å². The number of anilines is 2. The third-order valence-electron chi connectivity index (χ3n) is 5.97. The SMILES string of the molecule is Cc1ccc(NC(=O)N2CCS[C@@]23C(=O)N(Cc2ccc(F)c(F)c2)c2ccccc23)cc1. The fourth-order valence-corrected chi connectivity index (χ4v) is 5.83. The first-order chi connectivity index (χ1) is 15.9. The van der Waals surface area contributed by atoms with E-state index in [2.05, 4.69) is 5.32 Å². The lowest BCUT2D eigenvalue weighted by atomic mass is 10.1. The standard InChI is InChI=1S/C25H21F2N3O2S/c1-16-6-9-18(10-7-16)28-24(32)30-12-13-33-25(30)19-4-2-3-5-22(19)29(23(25)31)15-17-8-11-20(26)21(27)14-17/h2-11,14H,12-13,15H2,1H3,(H,28,32)/t25-/m0/s1. The van der Waals surface area contributed by atoms with Crippen LogP contribution in [0.3, 0.4) is 0 Å². The molecule has 1 fully saturated rings. The number of aryl methyl sites for hydroxylation is 1. The molecular weight excluding hydrogens is 444 g/mol. The van der Waals surface area contributed by atoms with Crippen LogP contribution in [-0.4, -0.2) is 29.1 Å². The number of urea groups is 1. The number of hydrogen-bond acceptors (Lipinski definition) is 3. The van der Waals surface area contributed by atoms with Crippen LogP contribution in [0.25, 0.3) is 0 Å². The first kappa shape index (κ1) is 21.5. The highest BCUT2D eigenvalue weighted by Crippen LogP contribution is 2.54. The molecule has 2 heterocycles. The molecule has 0 bridgehead atoms. The normalized spacial score (nSPS) is 19.3. The number of thioether (sulfide) groups is 1. The van der Waals surface area contributed by atoms with Gasteiger partial charge in [-0.1, -0.05) is 42.0 Å². The number of hydrogen-bond donors (Lipinski definition) is 1. The third-order valence-corrected chi connectivity index (χ3v) is 7.39. The number of amides is 3. The highest BCUT2D eigenvalue weighted by molar-refractivity contribution is 8.01. The summed E-state index contributed by atoms with van der Waals surface area (Å²) in [6.07, 6.45) is 0. The van der Waals surface area contributed by atoms with Crippen molar-refractivity contribution in [1.29, 1.82) is 0 Å². The van der Waals surface area contributed by atoms with Gasteiger partial charge in [0, 0.05) is 23.5 Å². The molecule has 2 aliphatic heterocycles. The Morgan fingerprint density at radius 1 is 1.06 bits per heavy atom. The molecule has 5 nitrogen and oxygen atoms in total. The molecule has 5 rings (SSSR count). The van der Waals surface area contributed by atoms with Crippen molar-refractivity contribution in [3.05, 3.63) is 95.1 Å². The quantitative estimate of drug-likeness (QED) is 0.575. The molecule has 168 valence electrons. The highest BCUT2D eigenvalue weighted by atomic mass is 32.2. The lowest BCUT2D eigenvalue weighted by molar-refractivity contribution is -0.123. The molecule has 1 atom stereocenters. The molecule has 1 spiro atoms. The molecule has 8 heteroatoms. The van der Waals surface area contributed by atoms with Gasteiger partial charge in [0.1, 0.15) is 0 Å². The Morgan fingerprint density at radius 2 is 1.82 bits per heavy atom. The van der Waals surface area contributed by atoms with Crippen molar-refractivity contribution in [3.63, 3.8) is 0 Å². The lowest BCUT2D eigenvalue weighted by Gasteiger charge is -2.33. The second-order valence-corrected chi connectivity index (χ2v) is 9.38. The summed E-state index contributed by atoms with van der Waals surface area (Å²) in [6.45, 7) is 2.44. The summed E-state index contributed by atoms with van der Waals surface area (Å²) in [4.78, 5) is 29.1. The maximum Gasteiger partial charge on any atom is 0.323 e. The van der Waals surface area contributed by atoms with Gasteiger partial charge in [0.25, 0.3) is 5.91 Å².